The third kappa shape index (κ3) is 3.33. The van der Waals surface area contributed by atoms with E-state index in [0.29, 0.717) is 15.9 Å². The second-order valence-electron chi connectivity index (χ2n) is 5.56. The zero-order chi connectivity index (χ0) is 18.1. The summed E-state index contributed by atoms with van der Waals surface area (Å²) >= 11 is 13.8. The number of fused-ring (bicyclic) bond motifs is 1. The molecule has 26 heavy (non-hydrogen) atoms. The highest BCUT2D eigenvalue weighted by atomic mass is 35.5. The Morgan fingerprint density at radius 3 is 2.42 bits per heavy atom. The third-order valence-corrected chi connectivity index (χ3v) is 5.22. The van der Waals surface area contributed by atoms with Crippen molar-refractivity contribution in [1.29, 1.82) is 0 Å². The summed E-state index contributed by atoms with van der Waals surface area (Å²) in [5.41, 5.74) is 2.90. The Kier molecular flexibility index (Phi) is 4.68. The van der Waals surface area contributed by atoms with Gasteiger partial charge in [-0.1, -0.05) is 35.3 Å². The summed E-state index contributed by atoms with van der Waals surface area (Å²) in [5, 5.41) is 7.47. The first-order valence-corrected chi connectivity index (χ1v) is 9.37. The van der Waals surface area contributed by atoms with Crippen LogP contribution in [-0.2, 0) is 0 Å². The molecule has 0 saturated carbocycles. The Hall–Kier alpha value is -2.34. The molecule has 0 amide bonds. The SMILES string of the molecule is COc1ccc(-c2csc3ncnc(Nc4cc(Cl)cc(Cl)c4)c23)cc1. The van der Waals surface area contributed by atoms with E-state index in [-0.39, 0.29) is 0 Å². The second-order valence-corrected chi connectivity index (χ2v) is 7.29. The van der Waals surface area contributed by atoms with E-state index < -0.39 is 0 Å². The Labute approximate surface area is 164 Å². The number of hydrogen-bond acceptors (Lipinski definition) is 5. The number of methoxy groups -OCH3 is 1. The summed E-state index contributed by atoms with van der Waals surface area (Å²) in [6.07, 6.45) is 1.55. The largest absolute Gasteiger partial charge is 0.497 e. The molecule has 2 aromatic carbocycles. The number of rotatable bonds is 4. The lowest BCUT2D eigenvalue weighted by molar-refractivity contribution is 0.415. The predicted octanol–water partition coefficient (Wildman–Crippen LogP) is 6.42. The van der Waals surface area contributed by atoms with Crippen LogP contribution < -0.4 is 10.1 Å². The number of thiophene rings is 1. The summed E-state index contributed by atoms with van der Waals surface area (Å²) in [5.74, 6) is 1.52. The molecule has 0 radical (unpaired) electrons. The maximum atomic E-state index is 6.10. The highest BCUT2D eigenvalue weighted by Crippen LogP contribution is 2.38. The molecule has 0 aliphatic rings. The zero-order valence-corrected chi connectivity index (χ0v) is 16.0. The second kappa shape index (κ2) is 7.11. The van der Waals surface area contributed by atoms with E-state index in [1.165, 1.54) is 0 Å². The van der Waals surface area contributed by atoms with E-state index in [1.807, 2.05) is 24.3 Å². The van der Waals surface area contributed by atoms with Gasteiger partial charge in [0.05, 0.1) is 12.5 Å². The molecule has 0 unspecified atom stereocenters. The minimum Gasteiger partial charge on any atom is -0.497 e. The molecular weight excluding hydrogens is 389 g/mol. The molecule has 0 saturated heterocycles. The van der Waals surface area contributed by atoms with Gasteiger partial charge in [-0.3, -0.25) is 0 Å². The number of benzene rings is 2. The number of ether oxygens (including phenoxy) is 1. The Morgan fingerprint density at radius 1 is 1.00 bits per heavy atom. The standard InChI is InChI=1S/C19H13Cl2N3OS/c1-25-15-4-2-11(3-5-15)16-9-26-19-17(16)18(22-10-23-19)24-14-7-12(20)6-13(21)8-14/h2-10H,1H3,(H,22,23,24). The van der Waals surface area contributed by atoms with E-state index in [0.717, 1.165) is 32.8 Å². The average Bonchev–Trinajstić information content (AvgIpc) is 3.06. The van der Waals surface area contributed by atoms with Gasteiger partial charge in [-0.25, -0.2) is 9.97 Å². The number of hydrogen-bond donors (Lipinski definition) is 1. The van der Waals surface area contributed by atoms with E-state index in [4.69, 9.17) is 27.9 Å². The summed E-state index contributed by atoms with van der Waals surface area (Å²) in [7, 11) is 1.65. The molecule has 0 spiro atoms. The Bertz CT molecular complexity index is 1060. The Balaban J connectivity index is 1.81. The zero-order valence-electron chi connectivity index (χ0n) is 13.7. The van der Waals surface area contributed by atoms with Crippen molar-refractivity contribution in [2.45, 2.75) is 0 Å². The number of nitrogens with one attached hydrogen (secondary N) is 1. The van der Waals surface area contributed by atoms with Crippen molar-refractivity contribution < 1.29 is 4.74 Å². The van der Waals surface area contributed by atoms with Crippen LogP contribution in [0, 0.1) is 0 Å². The van der Waals surface area contributed by atoms with Crippen LogP contribution in [0.5, 0.6) is 5.75 Å². The third-order valence-electron chi connectivity index (χ3n) is 3.90. The molecule has 2 heterocycles. The molecule has 0 atom stereocenters. The summed E-state index contributed by atoms with van der Waals surface area (Å²) in [6.45, 7) is 0. The molecule has 4 nitrogen and oxygen atoms in total. The van der Waals surface area contributed by atoms with Crippen LogP contribution in [0.2, 0.25) is 10.0 Å². The predicted molar refractivity (Wildman–Crippen MR) is 109 cm³/mol. The van der Waals surface area contributed by atoms with Gasteiger partial charge in [0, 0.05) is 26.7 Å². The molecular formula is C19H13Cl2N3OS. The van der Waals surface area contributed by atoms with Crippen molar-refractivity contribution in [1.82, 2.24) is 9.97 Å². The molecule has 0 aliphatic carbocycles. The van der Waals surface area contributed by atoms with E-state index in [9.17, 15) is 0 Å². The van der Waals surface area contributed by atoms with Crippen molar-refractivity contribution in [3.05, 3.63) is 64.2 Å². The van der Waals surface area contributed by atoms with Gasteiger partial charge in [-0.2, -0.15) is 0 Å². The van der Waals surface area contributed by atoms with Crippen molar-refractivity contribution in [2.24, 2.45) is 0 Å². The van der Waals surface area contributed by atoms with Gasteiger partial charge in [0.1, 0.15) is 22.7 Å². The quantitative estimate of drug-likeness (QED) is 0.428. The highest BCUT2D eigenvalue weighted by Gasteiger charge is 2.14. The van der Waals surface area contributed by atoms with Crippen molar-refractivity contribution in [3.8, 4) is 16.9 Å². The van der Waals surface area contributed by atoms with E-state index in [2.05, 4.69) is 20.7 Å². The summed E-state index contributed by atoms with van der Waals surface area (Å²) in [4.78, 5) is 9.72. The van der Waals surface area contributed by atoms with Crippen LogP contribution in [0.15, 0.2) is 54.2 Å². The minimum atomic E-state index is 0.561. The molecule has 4 rings (SSSR count). The van der Waals surface area contributed by atoms with Crippen LogP contribution in [0.1, 0.15) is 0 Å². The first-order chi connectivity index (χ1) is 12.6. The molecule has 0 bridgehead atoms. The topological polar surface area (TPSA) is 47.0 Å². The van der Waals surface area contributed by atoms with Crippen LogP contribution in [-0.4, -0.2) is 17.1 Å². The fraction of sp³-hybridized carbons (Fsp3) is 0.0526. The van der Waals surface area contributed by atoms with Gasteiger partial charge in [0.15, 0.2) is 0 Å². The molecule has 1 N–H and O–H groups in total. The number of aromatic nitrogens is 2. The minimum absolute atomic E-state index is 0.561. The molecule has 4 aromatic rings. The summed E-state index contributed by atoms with van der Waals surface area (Å²) < 4.78 is 5.24. The number of anilines is 2. The first-order valence-electron chi connectivity index (χ1n) is 7.74. The normalized spacial score (nSPS) is 10.9. The Morgan fingerprint density at radius 2 is 1.73 bits per heavy atom. The maximum Gasteiger partial charge on any atom is 0.143 e. The highest BCUT2D eigenvalue weighted by molar-refractivity contribution is 7.17. The van der Waals surface area contributed by atoms with Crippen molar-refractivity contribution in [2.75, 3.05) is 12.4 Å². The van der Waals surface area contributed by atoms with Crippen molar-refractivity contribution in [3.63, 3.8) is 0 Å². The van der Waals surface area contributed by atoms with Crippen molar-refractivity contribution >= 4 is 56.3 Å². The van der Waals surface area contributed by atoms with Gasteiger partial charge in [-0.15, -0.1) is 11.3 Å². The average molecular weight is 402 g/mol. The van der Waals surface area contributed by atoms with E-state index >= 15 is 0 Å². The fourth-order valence-corrected chi connectivity index (χ4v) is 4.16. The molecule has 0 fully saturated rings. The molecule has 7 heteroatoms. The molecule has 2 aromatic heterocycles. The monoisotopic (exact) mass is 401 g/mol. The van der Waals surface area contributed by atoms with Gasteiger partial charge in [-0.05, 0) is 35.9 Å². The molecule has 0 aliphatic heterocycles. The lowest BCUT2D eigenvalue weighted by Gasteiger charge is -2.09. The lowest BCUT2D eigenvalue weighted by Crippen LogP contribution is -1.95. The van der Waals surface area contributed by atoms with Crippen LogP contribution in [0.4, 0.5) is 11.5 Å². The number of halogens is 2. The lowest BCUT2D eigenvalue weighted by atomic mass is 10.1. The van der Waals surface area contributed by atoms with Gasteiger partial charge in [0.2, 0.25) is 0 Å². The molecule has 130 valence electrons. The van der Waals surface area contributed by atoms with Gasteiger partial charge in [0.25, 0.3) is 0 Å². The first kappa shape index (κ1) is 17.1. The van der Waals surface area contributed by atoms with Crippen LogP contribution in [0.25, 0.3) is 21.3 Å². The maximum absolute atomic E-state index is 6.10. The van der Waals surface area contributed by atoms with Gasteiger partial charge < -0.3 is 10.1 Å². The van der Waals surface area contributed by atoms with Crippen LogP contribution >= 0.6 is 34.5 Å². The fourth-order valence-electron chi connectivity index (χ4n) is 2.72. The van der Waals surface area contributed by atoms with E-state index in [1.54, 1.807) is 43.0 Å². The number of nitrogens with zero attached hydrogens (tertiary/aromatic N) is 2. The smallest absolute Gasteiger partial charge is 0.143 e. The van der Waals surface area contributed by atoms with Gasteiger partial charge >= 0.3 is 0 Å². The van der Waals surface area contributed by atoms with Crippen LogP contribution in [0.3, 0.4) is 0 Å². The summed E-state index contributed by atoms with van der Waals surface area (Å²) in [6, 6.07) is 13.2.